The molecule has 0 aliphatic carbocycles. The van der Waals surface area contributed by atoms with Crippen LogP contribution in [0.4, 0.5) is 0 Å². The van der Waals surface area contributed by atoms with E-state index >= 15 is 0 Å². The van der Waals surface area contributed by atoms with Gasteiger partial charge in [-0.2, -0.15) is 0 Å². The number of aliphatic hydroxyl groups is 1. The number of ether oxygens (including phenoxy) is 10. The summed E-state index contributed by atoms with van der Waals surface area (Å²) in [5.41, 5.74) is -0.454. The van der Waals surface area contributed by atoms with Gasteiger partial charge >= 0.3 is 5.97 Å². The average molecular weight is 557 g/mol. The molecule has 0 bridgehead atoms. The predicted octanol–water partition coefficient (Wildman–Crippen LogP) is 1.11. The van der Waals surface area contributed by atoms with Gasteiger partial charge in [-0.1, -0.05) is 6.92 Å². The molecule has 0 amide bonds. The van der Waals surface area contributed by atoms with E-state index in [9.17, 15) is 4.79 Å². The highest BCUT2D eigenvalue weighted by Crippen LogP contribution is 2.21. The molecule has 12 nitrogen and oxygen atoms in total. The molecule has 1 N–H and O–H groups in total. The maximum absolute atomic E-state index is 11.8. The van der Waals surface area contributed by atoms with Crippen molar-refractivity contribution in [3.05, 3.63) is 0 Å². The van der Waals surface area contributed by atoms with E-state index in [2.05, 4.69) is 0 Å². The van der Waals surface area contributed by atoms with Crippen LogP contribution in [0.3, 0.4) is 0 Å². The standard InChI is InChI=1S/C26H52O12/c1-4-26(2,3)25(28)38-24-23-37-22-21-36-20-19-35-18-17-34-16-15-33-14-13-32-12-11-31-10-9-30-8-7-29-6-5-27/h27H,4-24H2,1-3H3. The number of esters is 1. The molecule has 0 aromatic heterocycles. The lowest BCUT2D eigenvalue weighted by Crippen LogP contribution is -2.27. The fourth-order valence-corrected chi connectivity index (χ4v) is 2.46. The van der Waals surface area contributed by atoms with Crippen LogP contribution in [-0.2, 0) is 52.2 Å². The molecule has 0 radical (unpaired) electrons. The zero-order valence-corrected chi connectivity index (χ0v) is 23.8. The second-order valence-electron chi connectivity index (χ2n) is 8.61. The molecule has 0 rings (SSSR count). The van der Waals surface area contributed by atoms with Gasteiger partial charge in [0.25, 0.3) is 0 Å². The van der Waals surface area contributed by atoms with E-state index in [1.165, 1.54) is 0 Å². The summed E-state index contributed by atoms with van der Waals surface area (Å²) < 4.78 is 53.5. The summed E-state index contributed by atoms with van der Waals surface area (Å²) in [5, 5.41) is 8.56. The van der Waals surface area contributed by atoms with Crippen molar-refractivity contribution in [2.24, 2.45) is 5.41 Å². The number of carbonyl (C=O) groups excluding carboxylic acids is 1. The SMILES string of the molecule is CCC(C)(C)C(=O)OCCOCCOCCOCCOCCOCCOCCOCCOCCOCCO. The fourth-order valence-electron chi connectivity index (χ4n) is 2.46. The molecule has 0 aliphatic rings. The van der Waals surface area contributed by atoms with Gasteiger partial charge in [-0.25, -0.2) is 0 Å². The molecule has 0 spiro atoms. The largest absolute Gasteiger partial charge is 0.463 e. The van der Waals surface area contributed by atoms with E-state index in [4.69, 9.17) is 52.5 Å². The van der Waals surface area contributed by atoms with Crippen molar-refractivity contribution in [3.63, 3.8) is 0 Å². The van der Waals surface area contributed by atoms with Gasteiger partial charge in [-0.3, -0.25) is 4.79 Å². The van der Waals surface area contributed by atoms with Gasteiger partial charge in [0.2, 0.25) is 0 Å². The lowest BCUT2D eigenvalue weighted by Gasteiger charge is -2.20. The average Bonchev–Trinajstić information content (AvgIpc) is 2.92. The number of hydrogen-bond acceptors (Lipinski definition) is 12. The van der Waals surface area contributed by atoms with E-state index in [0.717, 1.165) is 6.42 Å². The van der Waals surface area contributed by atoms with Gasteiger partial charge in [0, 0.05) is 0 Å². The first-order chi connectivity index (χ1) is 18.5. The zero-order chi connectivity index (χ0) is 28.0. The van der Waals surface area contributed by atoms with E-state index in [-0.39, 0.29) is 19.2 Å². The molecule has 0 saturated heterocycles. The second kappa shape index (κ2) is 29.1. The maximum atomic E-state index is 11.8. The summed E-state index contributed by atoms with van der Waals surface area (Å²) in [6.07, 6.45) is 0.737. The normalized spacial score (nSPS) is 11.8. The Hall–Kier alpha value is -0.930. The minimum atomic E-state index is -0.454. The molecule has 0 aromatic rings. The van der Waals surface area contributed by atoms with Crippen LogP contribution in [0.5, 0.6) is 0 Å². The monoisotopic (exact) mass is 556 g/mol. The lowest BCUT2D eigenvalue weighted by molar-refractivity contribution is -0.155. The van der Waals surface area contributed by atoms with Crippen LogP contribution in [0.1, 0.15) is 27.2 Å². The molecular weight excluding hydrogens is 504 g/mol. The fraction of sp³-hybridized carbons (Fsp3) is 0.962. The highest BCUT2D eigenvalue weighted by Gasteiger charge is 2.26. The Balaban J connectivity index is 3.11. The van der Waals surface area contributed by atoms with Crippen LogP contribution in [-0.4, -0.2) is 143 Å². The number of hydrogen-bond donors (Lipinski definition) is 1. The molecule has 12 heteroatoms. The quantitative estimate of drug-likeness (QED) is 0.0970. The van der Waals surface area contributed by atoms with Gasteiger partial charge in [-0.05, 0) is 20.3 Å². The Kier molecular flexibility index (Phi) is 28.4. The molecule has 0 saturated carbocycles. The van der Waals surface area contributed by atoms with Crippen molar-refractivity contribution in [1.82, 2.24) is 0 Å². The minimum Gasteiger partial charge on any atom is -0.463 e. The topological polar surface area (TPSA) is 130 Å². The summed E-state index contributed by atoms with van der Waals surface area (Å²) in [6.45, 7) is 14.5. The Morgan fingerprint density at radius 3 is 0.947 bits per heavy atom. The van der Waals surface area contributed by atoms with Crippen LogP contribution >= 0.6 is 0 Å². The summed E-state index contributed by atoms with van der Waals surface area (Å²) in [6, 6.07) is 0. The predicted molar refractivity (Wildman–Crippen MR) is 139 cm³/mol. The molecule has 0 unspecified atom stereocenters. The third kappa shape index (κ3) is 26.7. The Labute approximate surface area is 228 Å². The van der Waals surface area contributed by atoms with Crippen molar-refractivity contribution < 1.29 is 57.3 Å². The van der Waals surface area contributed by atoms with Crippen molar-refractivity contribution in [2.45, 2.75) is 27.2 Å². The Bertz CT molecular complexity index is 493. The van der Waals surface area contributed by atoms with E-state index < -0.39 is 5.41 Å². The first-order valence-corrected chi connectivity index (χ1v) is 13.5. The van der Waals surface area contributed by atoms with Crippen LogP contribution in [0.15, 0.2) is 0 Å². The van der Waals surface area contributed by atoms with Crippen molar-refractivity contribution in [2.75, 3.05) is 132 Å². The summed E-state index contributed by atoms with van der Waals surface area (Å²) >= 11 is 0. The summed E-state index contributed by atoms with van der Waals surface area (Å²) in [7, 11) is 0. The third-order valence-corrected chi connectivity index (χ3v) is 5.11. The van der Waals surface area contributed by atoms with Crippen LogP contribution in [0, 0.1) is 5.41 Å². The van der Waals surface area contributed by atoms with Gasteiger partial charge in [0.15, 0.2) is 0 Å². The van der Waals surface area contributed by atoms with Crippen LogP contribution in [0.2, 0.25) is 0 Å². The molecule has 0 aromatic carbocycles. The smallest absolute Gasteiger partial charge is 0.311 e. The number of aliphatic hydroxyl groups excluding tert-OH is 1. The molecular formula is C26H52O12. The highest BCUT2D eigenvalue weighted by molar-refractivity contribution is 5.75. The molecule has 228 valence electrons. The van der Waals surface area contributed by atoms with Gasteiger partial charge in [-0.15, -0.1) is 0 Å². The first kappa shape index (κ1) is 37.1. The van der Waals surface area contributed by atoms with Gasteiger partial charge < -0.3 is 52.5 Å². The molecule has 0 fully saturated rings. The second-order valence-corrected chi connectivity index (χ2v) is 8.61. The van der Waals surface area contributed by atoms with E-state index in [0.29, 0.717) is 119 Å². The highest BCUT2D eigenvalue weighted by atomic mass is 16.6. The van der Waals surface area contributed by atoms with Crippen molar-refractivity contribution >= 4 is 5.97 Å². The number of carbonyl (C=O) groups is 1. The van der Waals surface area contributed by atoms with Gasteiger partial charge in [0.1, 0.15) is 6.61 Å². The molecule has 0 aliphatic heterocycles. The number of rotatable bonds is 31. The minimum absolute atomic E-state index is 0.0240. The first-order valence-electron chi connectivity index (χ1n) is 13.5. The van der Waals surface area contributed by atoms with Crippen molar-refractivity contribution in [3.8, 4) is 0 Å². The molecule has 0 atom stereocenters. The maximum Gasteiger partial charge on any atom is 0.311 e. The zero-order valence-electron chi connectivity index (χ0n) is 23.8. The summed E-state index contributed by atoms with van der Waals surface area (Å²) in [5.74, 6) is -0.200. The molecule has 0 heterocycles. The van der Waals surface area contributed by atoms with Crippen LogP contribution in [0.25, 0.3) is 0 Å². The van der Waals surface area contributed by atoms with Crippen LogP contribution < -0.4 is 0 Å². The summed E-state index contributed by atoms with van der Waals surface area (Å²) in [4.78, 5) is 11.8. The van der Waals surface area contributed by atoms with Gasteiger partial charge in [0.05, 0.1) is 131 Å². The van der Waals surface area contributed by atoms with Crippen molar-refractivity contribution in [1.29, 1.82) is 0 Å². The third-order valence-electron chi connectivity index (χ3n) is 5.11. The lowest BCUT2D eigenvalue weighted by atomic mass is 9.91. The Morgan fingerprint density at radius 2 is 0.711 bits per heavy atom. The Morgan fingerprint density at radius 1 is 0.474 bits per heavy atom. The van der Waals surface area contributed by atoms with E-state index in [1.807, 2.05) is 20.8 Å². The van der Waals surface area contributed by atoms with E-state index in [1.54, 1.807) is 0 Å². The molecule has 38 heavy (non-hydrogen) atoms.